The lowest BCUT2D eigenvalue weighted by Gasteiger charge is -2.31. The number of carbonyl (C=O) groups excluding carboxylic acids is 2. The summed E-state index contributed by atoms with van der Waals surface area (Å²) in [6.07, 6.45) is 1.88. The maximum atomic E-state index is 13.3. The Bertz CT molecular complexity index is 1020. The first-order valence-electron chi connectivity index (χ1n) is 10.3. The van der Waals surface area contributed by atoms with Crippen molar-refractivity contribution in [2.45, 2.75) is 32.9 Å². The van der Waals surface area contributed by atoms with E-state index in [0.717, 1.165) is 28.1 Å². The molecule has 0 aliphatic rings. The lowest BCUT2D eigenvalue weighted by Crippen LogP contribution is -2.50. The Morgan fingerprint density at radius 3 is 2.06 bits per heavy atom. The molecule has 1 atom stereocenters. The molecule has 0 saturated carbocycles. The first kappa shape index (κ1) is 25.2. The van der Waals surface area contributed by atoms with Crippen LogP contribution in [0.2, 0.25) is 0 Å². The molecule has 0 aliphatic heterocycles. The summed E-state index contributed by atoms with van der Waals surface area (Å²) in [4.78, 5) is 27.0. The maximum Gasteiger partial charge on any atom is 0.244 e. The molecular weight excluding hydrogens is 430 g/mol. The van der Waals surface area contributed by atoms with Crippen LogP contribution >= 0.6 is 0 Å². The van der Waals surface area contributed by atoms with Crippen molar-refractivity contribution in [1.82, 2.24) is 10.2 Å². The molecule has 0 radical (unpaired) electrons. The minimum Gasteiger partial charge on any atom is -0.497 e. The van der Waals surface area contributed by atoms with Gasteiger partial charge in [-0.05, 0) is 48.7 Å². The number of nitrogens with zero attached hydrogens (tertiary/aromatic N) is 2. The van der Waals surface area contributed by atoms with E-state index in [0.29, 0.717) is 11.4 Å². The number of aryl methyl sites for hydroxylation is 1. The second kappa shape index (κ2) is 11.0. The van der Waals surface area contributed by atoms with Crippen molar-refractivity contribution in [3.05, 3.63) is 59.7 Å². The van der Waals surface area contributed by atoms with Crippen LogP contribution in [-0.4, -0.2) is 58.1 Å². The molecule has 0 aliphatic carbocycles. The standard InChI is InChI=1S/C23H31N3O5S/c1-6-18-7-11-20(12-8-18)26(32(5,29)30)16-22(27)25(17(2)23(28)24-3)15-19-9-13-21(31-4)14-10-19/h7-14,17H,6,15-16H2,1-5H3,(H,24,28)/t17-/m0/s1. The van der Waals surface area contributed by atoms with Gasteiger partial charge in [0, 0.05) is 13.6 Å². The van der Waals surface area contributed by atoms with E-state index in [1.807, 2.05) is 19.1 Å². The van der Waals surface area contributed by atoms with Crippen molar-refractivity contribution in [2.24, 2.45) is 0 Å². The van der Waals surface area contributed by atoms with Crippen molar-refractivity contribution >= 4 is 27.5 Å². The normalized spacial score (nSPS) is 12.0. The van der Waals surface area contributed by atoms with Gasteiger partial charge in [0.15, 0.2) is 0 Å². The second-order valence-corrected chi connectivity index (χ2v) is 9.36. The third-order valence-corrected chi connectivity index (χ3v) is 6.38. The molecule has 2 aromatic rings. The molecule has 0 saturated heterocycles. The van der Waals surface area contributed by atoms with Crippen LogP contribution in [0.25, 0.3) is 0 Å². The Hall–Kier alpha value is -3.07. The van der Waals surface area contributed by atoms with Crippen molar-refractivity contribution in [3.8, 4) is 5.75 Å². The highest BCUT2D eigenvalue weighted by atomic mass is 32.2. The van der Waals surface area contributed by atoms with Crippen LogP contribution in [0.15, 0.2) is 48.5 Å². The minimum atomic E-state index is -3.73. The van der Waals surface area contributed by atoms with Gasteiger partial charge in [-0.1, -0.05) is 31.2 Å². The molecule has 2 amide bonds. The van der Waals surface area contributed by atoms with E-state index in [-0.39, 0.29) is 12.5 Å². The van der Waals surface area contributed by atoms with Gasteiger partial charge in [-0.25, -0.2) is 8.42 Å². The SMILES string of the molecule is CCc1ccc(N(CC(=O)N(Cc2ccc(OC)cc2)[C@@H](C)C(=O)NC)S(C)(=O)=O)cc1. The summed E-state index contributed by atoms with van der Waals surface area (Å²) in [5, 5.41) is 2.55. The van der Waals surface area contributed by atoms with E-state index >= 15 is 0 Å². The fraction of sp³-hybridized carbons (Fsp3) is 0.391. The Morgan fingerprint density at radius 1 is 1.03 bits per heavy atom. The number of carbonyl (C=O) groups is 2. The topological polar surface area (TPSA) is 96.0 Å². The highest BCUT2D eigenvalue weighted by Crippen LogP contribution is 2.20. The van der Waals surface area contributed by atoms with Gasteiger partial charge in [0.2, 0.25) is 21.8 Å². The average molecular weight is 462 g/mol. The summed E-state index contributed by atoms with van der Waals surface area (Å²) >= 11 is 0. The zero-order valence-corrected chi connectivity index (χ0v) is 20.0. The zero-order chi connectivity index (χ0) is 23.9. The molecule has 1 N–H and O–H groups in total. The van der Waals surface area contributed by atoms with Gasteiger partial charge in [-0.3, -0.25) is 13.9 Å². The first-order valence-corrected chi connectivity index (χ1v) is 12.2. The highest BCUT2D eigenvalue weighted by molar-refractivity contribution is 7.92. The summed E-state index contributed by atoms with van der Waals surface area (Å²) in [6, 6.07) is 13.4. The van der Waals surface area contributed by atoms with E-state index < -0.39 is 28.5 Å². The van der Waals surface area contributed by atoms with Crippen LogP contribution in [0.5, 0.6) is 5.75 Å². The van der Waals surface area contributed by atoms with Crippen LogP contribution in [0.3, 0.4) is 0 Å². The molecule has 0 fully saturated rings. The third kappa shape index (κ3) is 6.46. The smallest absolute Gasteiger partial charge is 0.244 e. The second-order valence-electron chi connectivity index (χ2n) is 7.45. The molecule has 0 bridgehead atoms. The maximum absolute atomic E-state index is 13.3. The van der Waals surface area contributed by atoms with Crippen molar-refractivity contribution < 1.29 is 22.7 Å². The lowest BCUT2D eigenvalue weighted by atomic mass is 10.1. The van der Waals surface area contributed by atoms with Crippen LogP contribution in [0.4, 0.5) is 5.69 Å². The predicted molar refractivity (Wildman–Crippen MR) is 125 cm³/mol. The van der Waals surface area contributed by atoms with Crippen LogP contribution in [0, 0.1) is 0 Å². The number of anilines is 1. The number of likely N-dealkylation sites (N-methyl/N-ethyl adjacent to an activating group) is 1. The molecule has 0 unspecified atom stereocenters. The van der Waals surface area contributed by atoms with Gasteiger partial charge in [0.05, 0.1) is 19.1 Å². The van der Waals surface area contributed by atoms with E-state index in [1.165, 1.54) is 11.9 Å². The fourth-order valence-electron chi connectivity index (χ4n) is 3.23. The summed E-state index contributed by atoms with van der Waals surface area (Å²) in [6.45, 7) is 3.34. The Kier molecular flexibility index (Phi) is 8.65. The third-order valence-electron chi connectivity index (χ3n) is 5.24. The molecule has 2 aromatic carbocycles. The lowest BCUT2D eigenvalue weighted by molar-refractivity contribution is -0.139. The molecule has 9 heteroatoms. The van der Waals surface area contributed by atoms with E-state index in [1.54, 1.807) is 50.4 Å². The van der Waals surface area contributed by atoms with Gasteiger partial charge < -0.3 is 15.0 Å². The van der Waals surface area contributed by atoms with Gasteiger partial charge >= 0.3 is 0 Å². The largest absolute Gasteiger partial charge is 0.497 e. The molecule has 32 heavy (non-hydrogen) atoms. The number of sulfonamides is 1. The van der Waals surface area contributed by atoms with Gasteiger partial charge in [-0.2, -0.15) is 0 Å². The van der Waals surface area contributed by atoms with Gasteiger partial charge in [-0.15, -0.1) is 0 Å². The zero-order valence-electron chi connectivity index (χ0n) is 19.2. The number of methoxy groups -OCH3 is 1. The summed E-state index contributed by atoms with van der Waals surface area (Å²) in [5.41, 5.74) is 2.24. The van der Waals surface area contributed by atoms with E-state index in [2.05, 4.69) is 5.32 Å². The number of benzene rings is 2. The fourth-order valence-corrected chi connectivity index (χ4v) is 4.08. The average Bonchev–Trinajstić information content (AvgIpc) is 2.79. The molecule has 0 aromatic heterocycles. The Balaban J connectivity index is 2.34. The van der Waals surface area contributed by atoms with E-state index in [9.17, 15) is 18.0 Å². The molecule has 174 valence electrons. The molecular formula is C23H31N3O5S. The predicted octanol–water partition coefficient (Wildman–Crippen LogP) is 2.19. The molecule has 8 nitrogen and oxygen atoms in total. The van der Waals surface area contributed by atoms with Crippen LogP contribution < -0.4 is 14.4 Å². The highest BCUT2D eigenvalue weighted by Gasteiger charge is 2.29. The molecule has 0 heterocycles. The van der Waals surface area contributed by atoms with E-state index in [4.69, 9.17) is 4.74 Å². The number of amides is 2. The quantitative estimate of drug-likeness (QED) is 0.585. The molecule has 0 spiro atoms. The van der Waals surface area contributed by atoms with Gasteiger partial charge in [0.25, 0.3) is 0 Å². The number of hydrogen-bond donors (Lipinski definition) is 1. The minimum absolute atomic E-state index is 0.143. The van der Waals surface area contributed by atoms with Crippen molar-refractivity contribution in [1.29, 1.82) is 0 Å². The summed E-state index contributed by atoms with van der Waals surface area (Å²) < 4.78 is 31.2. The number of nitrogens with one attached hydrogen (secondary N) is 1. The monoisotopic (exact) mass is 461 g/mol. The van der Waals surface area contributed by atoms with Crippen molar-refractivity contribution in [3.63, 3.8) is 0 Å². The van der Waals surface area contributed by atoms with Crippen LogP contribution in [0.1, 0.15) is 25.0 Å². The Labute approximate surface area is 190 Å². The van der Waals surface area contributed by atoms with Gasteiger partial charge in [0.1, 0.15) is 18.3 Å². The van der Waals surface area contributed by atoms with Crippen molar-refractivity contribution in [2.75, 3.05) is 31.3 Å². The van der Waals surface area contributed by atoms with Crippen LogP contribution in [-0.2, 0) is 32.6 Å². The summed E-state index contributed by atoms with van der Waals surface area (Å²) in [5.74, 6) is -0.156. The summed E-state index contributed by atoms with van der Waals surface area (Å²) in [7, 11) is -0.677. The first-order chi connectivity index (χ1) is 15.1. The number of rotatable bonds is 10. The Morgan fingerprint density at radius 2 is 1.59 bits per heavy atom. The number of ether oxygens (including phenoxy) is 1. The number of hydrogen-bond acceptors (Lipinski definition) is 5. The molecule has 2 rings (SSSR count).